The highest BCUT2D eigenvalue weighted by molar-refractivity contribution is 14.1. The van der Waals surface area contributed by atoms with E-state index in [1.807, 2.05) is 36.4 Å². The molecule has 0 heterocycles. The Morgan fingerprint density at radius 1 is 0.815 bits per heavy atom. The van der Waals surface area contributed by atoms with Crippen molar-refractivity contribution in [3.8, 4) is 5.75 Å². The van der Waals surface area contributed by atoms with E-state index in [1.165, 1.54) is 0 Å². The van der Waals surface area contributed by atoms with Crippen LogP contribution in [0.1, 0.15) is 10.4 Å². The predicted octanol–water partition coefficient (Wildman–Crippen LogP) is 4.56. The predicted molar refractivity (Wildman–Crippen MR) is 114 cm³/mol. The van der Waals surface area contributed by atoms with E-state index in [0.29, 0.717) is 22.7 Å². The smallest absolute Gasteiger partial charge is 0.262 e. The summed E-state index contributed by atoms with van der Waals surface area (Å²) in [6.07, 6.45) is 0. The number of ether oxygens (including phenoxy) is 1. The van der Waals surface area contributed by atoms with Crippen molar-refractivity contribution < 1.29 is 14.3 Å². The number of carbonyl (C=O) groups excluding carboxylic acids is 2. The third-order valence-electron chi connectivity index (χ3n) is 3.63. The molecule has 0 atom stereocenters. The highest BCUT2D eigenvalue weighted by Gasteiger charge is 2.13. The Labute approximate surface area is 170 Å². The molecule has 0 aliphatic rings. The van der Waals surface area contributed by atoms with E-state index < -0.39 is 0 Å². The summed E-state index contributed by atoms with van der Waals surface area (Å²) in [7, 11) is 0. The van der Waals surface area contributed by atoms with E-state index in [-0.39, 0.29) is 18.4 Å². The van der Waals surface area contributed by atoms with Crippen LogP contribution in [0.2, 0.25) is 0 Å². The number of nitrogens with one attached hydrogen (secondary N) is 2. The molecule has 5 nitrogen and oxygen atoms in total. The van der Waals surface area contributed by atoms with E-state index >= 15 is 0 Å². The minimum absolute atomic E-state index is 0.193. The lowest BCUT2D eigenvalue weighted by Gasteiger charge is -2.12. The summed E-state index contributed by atoms with van der Waals surface area (Å²) in [5.41, 5.74) is 1.75. The molecular weight excluding hydrogens is 455 g/mol. The van der Waals surface area contributed by atoms with Crippen LogP contribution in [0, 0.1) is 3.57 Å². The Morgan fingerprint density at radius 2 is 1.52 bits per heavy atom. The molecule has 0 bridgehead atoms. The number of benzene rings is 3. The number of carbonyl (C=O) groups is 2. The van der Waals surface area contributed by atoms with Crippen molar-refractivity contribution in [2.75, 3.05) is 17.2 Å². The summed E-state index contributed by atoms with van der Waals surface area (Å²) in [6, 6.07) is 23.5. The number of rotatable bonds is 6. The topological polar surface area (TPSA) is 67.4 Å². The van der Waals surface area contributed by atoms with E-state index in [2.05, 4.69) is 33.2 Å². The van der Waals surface area contributed by atoms with Crippen LogP contribution in [0.15, 0.2) is 78.9 Å². The van der Waals surface area contributed by atoms with Crippen LogP contribution < -0.4 is 15.4 Å². The average molecular weight is 472 g/mol. The van der Waals surface area contributed by atoms with E-state index in [1.54, 1.807) is 42.5 Å². The van der Waals surface area contributed by atoms with Gasteiger partial charge in [0.05, 0.1) is 5.56 Å². The Bertz CT molecular complexity index is 945. The Morgan fingerprint density at radius 3 is 2.30 bits per heavy atom. The number of para-hydroxylation sites is 2. The van der Waals surface area contributed by atoms with Gasteiger partial charge in [0.15, 0.2) is 6.61 Å². The van der Waals surface area contributed by atoms with E-state index in [9.17, 15) is 9.59 Å². The second-order valence-corrected chi connectivity index (χ2v) is 6.91. The van der Waals surface area contributed by atoms with Gasteiger partial charge in [-0.25, -0.2) is 0 Å². The molecule has 27 heavy (non-hydrogen) atoms. The zero-order chi connectivity index (χ0) is 19.1. The second kappa shape index (κ2) is 9.18. The molecule has 0 aliphatic carbocycles. The first-order valence-electron chi connectivity index (χ1n) is 8.25. The van der Waals surface area contributed by atoms with Crippen molar-refractivity contribution in [3.63, 3.8) is 0 Å². The maximum absolute atomic E-state index is 12.5. The molecule has 2 amide bonds. The largest absolute Gasteiger partial charge is 0.483 e. The molecule has 0 radical (unpaired) electrons. The van der Waals surface area contributed by atoms with Crippen molar-refractivity contribution in [2.45, 2.75) is 0 Å². The molecule has 136 valence electrons. The van der Waals surface area contributed by atoms with Gasteiger partial charge in [0.25, 0.3) is 11.8 Å². The average Bonchev–Trinajstić information content (AvgIpc) is 2.67. The van der Waals surface area contributed by atoms with Gasteiger partial charge in [-0.05, 0) is 65.1 Å². The standard InChI is InChI=1S/C21H17IN2O3/c22-15-7-6-10-17(13-15)23-20(25)14-27-19-12-5-4-11-18(19)21(26)24-16-8-2-1-3-9-16/h1-13H,14H2,(H,23,25)(H,24,26). The number of amides is 2. The highest BCUT2D eigenvalue weighted by Crippen LogP contribution is 2.20. The molecule has 3 aromatic carbocycles. The second-order valence-electron chi connectivity index (χ2n) is 5.66. The Balaban J connectivity index is 1.63. The number of halogens is 1. The molecule has 0 aliphatic heterocycles. The van der Waals surface area contributed by atoms with Crippen LogP contribution in [0.4, 0.5) is 11.4 Å². The van der Waals surface area contributed by atoms with Crippen molar-refractivity contribution in [1.29, 1.82) is 0 Å². The highest BCUT2D eigenvalue weighted by atomic mass is 127. The van der Waals surface area contributed by atoms with Gasteiger partial charge in [0.2, 0.25) is 0 Å². The molecule has 0 unspecified atom stereocenters. The van der Waals surface area contributed by atoms with Gasteiger partial charge >= 0.3 is 0 Å². The first kappa shape index (κ1) is 18.9. The van der Waals surface area contributed by atoms with Gasteiger partial charge < -0.3 is 15.4 Å². The normalized spacial score (nSPS) is 10.1. The van der Waals surface area contributed by atoms with Gasteiger partial charge in [0, 0.05) is 14.9 Å². The summed E-state index contributed by atoms with van der Waals surface area (Å²) in [6.45, 7) is -0.193. The summed E-state index contributed by atoms with van der Waals surface area (Å²) in [5, 5.41) is 5.58. The third-order valence-corrected chi connectivity index (χ3v) is 4.30. The van der Waals surface area contributed by atoms with Gasteiger partial charge in [-0.1, -0.05) is 36.4 Å². The number of anilines is 2. The molecule has 0 spiro atoms. The van der Waals surface area contributed by atoms with Crippen LogP contribution in [0.25, 0.3) is 0 Å². The van der Waals surface area contributed by atoms with Crippen LogP contribution in [0.3, 0.4) is 0 Å². The molecule has 0 fully saturated rings. The summed E-state index contributed by atoms with van der Waals surface area (Å²) >= 11 is 2.18. The molecule has 0 saturated heterocycles. The fourth-order valence-corrected chi connectivity index (χ4v) is 2.95. The molecule has 3 aromatic rings. The van der Waals surface area contributed by atoms with E-state index in [0.717, 1.165) is 3.57 Å². The van der Waals surface area contributed by atoms with Gasteiger partial charge in [-0.15, -0.1) is 0 Å². The Kier molecular flexibility index (Phi) is 6.43. The molecule has 3 rings (SSSR count). The fourth-order valence-electron chi connectivity index (χ4n) is 2.41. The maximum atomic E-state index is 12.5. The summed E-state index contributed by atoms with van der Waals surface area (Å²) < 4.78 is 6.61. The molecule has 0 saturated carbocycles. The number of hydrogen-bond donors (Lipinski definition) is 2. The zero-order valence-corrected chi connectivity index (χ0v) is 16.5. The lowest BCUT2D eigenvalue weighted by atomic mass is 10.2. The monoisotopic (exact) mass is 472 g/mol. The lowest BCUT2D eigenvalue weighted by molar-refractivity contribution is -0.118. The molecular formula is C21H17IN2O3. The molecule has 2 N–H and O–H groups in total. The SMILES string of the molecule is O=C(COc1ccccc1C(=O)Nc1ccccc1)Nc1cccc(I)c1. The molecule has 6 heteroatoms. The van der Waals surface area contributed by atoms with Gasteiger partial charge in [-0.3, -0.25) is 9.59 Å². The summed E-state index contributed by atoms with van der Waals surface area (Å²) in [5.74, 6) is -0.242. The third kappa shape index (κ3) is 5.55. The van der Waals surface area contributed by atoms with Crippen LogP contribution in [-0.4, -0.2) is 18.4 Å². The summed E-state index contributed by atoms with van der Waals surface area (Å²) in [4.78, 5) is 24.6. The fraction of sp³-hybridized carbons (Fsp3) is 0.0476. The van der Waals surface area contributed by atoms with Crippen LogP contribution in [-0.2, 0) is 4.79 Å². The van der Waals surface area contributed by atoms with Crippen molar-refractivity contribution >= 4 is 45.8 Å². The lowest BCUT2D eigenvalue weighted by Crippen LogP contribution is -2.21. The minimum Gasteiger partial charge on any atom is -0.483 e. The van der Waals surface area contributed by atoms with Crippen molar-refractivity contribution in [3.05, 3.63) is 88.0 Å². The maximum Gasteiger partial charge on any atom is 0.262 e. The van der Waals surface area contributed by atoms with Crippen LogP contribution >= 0.6 is 22.6 Å². The van der Waals surface area contributed by atoms with Gasteiger partial charge in [-0.2, -0.15) is 0 Å². The first-order valence-corrected chi connectivity index (χ1v) is 9.33. The zero-order valence-electron chi connectivity index (χ0n) is 14.3. The minimum atomic E-state index is -0.296. The molecule has 0 aromatic heterocycles. The quantitative estimate of drug-likeness (QED) is 0.517. The Hall–Kier alpha value is -2.87. The van der Waals surface area contributed by atoms with Crippen LogP contribution in [0.5, 0.6) is 5.75 Å². The van der Waals surface area contributed by atoms with Crippen molar-refractivity contribution in [1.82, 2.24) is 0 Å². The van der Waals surface area contributed by atoms with Crippen molar-refractivity contribution in [2.24, 2.45) is 0 Å². The van der Waals surface area contributed by atoms with Gasteiger partial charge in [0.1, 0.15) is 5.75 Å². The van der Waals surface area contributed by atoms with E-state index in [4.69, 9.17) is 4.74 Å². The first-order chi connectivity index (χ1) is 13.1. The number of hydrogen-bond acceptors (Lipinski definition) is 3.